The Morgan fingerprint density at radius 1 is 0.938 bits per heavy atom. The summed E-state index contributed by atoms with van der Waals surface area (Å²) in [4.78, 5) is 0. The van der Waals surface area contributed by atoms with Crippen molar-refractivity contribution in [3.8, 4) is 0 Å². The van der Waals surface area contributed by atoms with Gasteiger partial charge < -0.3 is 0 Å². The summed E-state index contributed by atoms with van der Waals surface area (Å²) >= 11 is 0. The summed E-state index contributed by atoms with van der Waals surface area (Å²) in [5.41, 5.74) is 5.54. The maximum atomic E-state index is 3.90. The topological polar surface area (TPSA) is 0 Å². The van der Waals surface area contributed by atoms with Crippen LogP contribution < -0.4 is 10.9 Å². The summed E-state index contributed by atoms with van der Waals surface area (Å²) in [6.45, 7) is 7.60. The van der Waals surface area contributed by atoms with Gasteiger partial charge in [0.2, 0.25) is 0 Å². The lowest BCUT2D eigenvalue weighted by molar-refractivity contribution is 1.72. The highest BCUT2D eigenvalue weighted by atomic mass is 14.0. The summed E-state index contributed by atoms with van der Waals surface area (Å²) in [5, 5.41) is 0. The summed E-state index contributed by atoms with van der Waals surface area (Å²) in [5.74, 6) is 0. The Morgan fingerprint density at radius 2 is 1.56 bits per heavy atom. The lowest BCUT2D eigenvalue weighted by atomic mass is 9.44. The molecule has 0 amide bonds. The van der Waals surface area contributed by atoms with Gasteiger partial charge in [-0.3, -0.25) is 0 Å². The van der Waals surface area contributed by atoms with Gasteiger partial charge in [-0.2, -0.15) is 0 Å². The minimum Gasteiger partial charge on any atom is -0.0996 e. The van der Waals surface area contributed by atoms with Crippen molar-refractivity contribution in [2.45, 2.75) is 0 Å². The predicted octanol–water partition coefficient (Wildman–Crippen LogP) is 0.964. The van der Waals surface area contributed by atoms with Crippen LogP contribution in [0.4, 0.5) is 0 Å². The average molecular weight is 204 g/mol. The standard InChI is InChI=1S/C14H14B2/c1-3-5-8-12-11(4-2)15-13-9-6-7-10-14(13)16-12/h3-10,15-16H,1-2H2/b8-5-. The molecule has 0 fully saturated rings. The van der Waals surface area contributed by atoms with Gasteiger partial charge in [0.25, 0.3) is 0 Å². The van der Waals surface area contributed by atoms with E-state index in [1.807, 2.05) is 18.2 Å². The third-order valence-electron chi connectivity index (χ3n) is 2.97. The number of hydrogen-bond donors (Lipinski definition) is 0. The Labute approximate surface area is 98.6 Å². The van der Waals surface area contributed by atoms with E-state index in [0.717, 1.165) is 14.6 Å². The smallest absolute Gasteiger partial charge is 0.0996 e. The van der Waals surface area contributed by atoms with E-state index in [1.165, 1.54) is 21.9 Å². The van der Waals surface area contributed by atoms with Crippen LogP contribution in [-0.2, 0) is 0 Å². The molecular formula is C14H14B2. The van der Waals surface area contributed by atoms with Gasteiger partial charge in [-0.1, -0.05) is 83.6 Å². The SMILES string of the molecule is C=C/C=C\C1=C(C=C)Bc2ccccc2B1. The Bertz CT molecular complexity index is 481. The Morgan fingerprint density at radius 3 is 2.12 bits per heavy atom. The zero-order valence-corrected chi connectivity index (χ0v) is 9.45. The highest BCUT2D eigenvalue weighted by Crippen LogP contribution is 2.09. The third-order valence-corrected chi connectivity index (χ3v) is 2.97. The first kappa shape index (κ1) is 10.8. The second kappa shape index (κ2) is 4.89. The monoisotopic (exact) mass is 204 g/mol. The lowest BCUT2D eigenvalue weighted by Gasteiger charge is -2.17. The predicted molar refractivity (Wildman–Crippen MR) is 76.6 cm³/mol. The van der Waals surface area contributed by atoms with E-state index in [4.69, 9.17) is 0 Å². The minimum atomic E-state index is 0.997. The molecule has 0 spiro atoms. The molecule has 2 rings (SSSR count). The molecule has 2 heteroatoms. The first-order valence-electron chi connectivity index (χ1n) is 5.55. The molecule has 1 aliphatic heterocycles. The van der Waals surface area contributed by atoms with Gasteiger partial charge in [0.05, 0.1) is 0 Å². The molecule has 0 N–H and O–H groups in total. The Hall–Kier alpha value is -1.69. The highest BCUT2D eigenvalue weighted by Gasteiger charge is 2.15. The molecular weight excluding hydrogens is 190 g/mol. The Balaban J connectivity index is 2.37. The van der Waals surface area contributed by atoms with Crippen molar-refractivity contribution in [2.24, 2.45) is 0 Å². The van der Waals surface area contributed by atoms with Gasteiger partial charge in [-0.05, 0) is 0 Å². The van der Waals surface area contributed by atoms with E-state index < -0.39 is 0 Å². The molecule has 0 bridgehead atoms. The van der Waals surface area contributed by atoms with Crippen LogP contribution in [0.25, 0.3) is 0 Å². The molecule has 0 nitrogen and oxygen atoms in total. The van der Waals surface area contributed by atoms with Gasteiger partial charge in [0, 0.05) is 0 Å². The second-order valence-corrected chi connectivity index (χ2v) is 3.97. The van der Waals surface area contributed by atoms with Crippen LogP contribution >= 0.6 is 0 Å². The molecule has 0 unspecified atom stereocenters. The highest BCUT2D eigenvalue weighted by molar-refractivity contribution is 6.79. The van der Waals surface area contributed by atoms with E-state index in [-0.39, 0.29) is 0 Å². The lowest BCUT2D eigenvalue weighted by Crippen LogP contribution is -2.41. The fourth-order valence-electron chi connectivity index (χ4n) is 2.09. The van der Waals surface area contributed by atoms with E-state index in [9.17, 15) is 0 Å². The molecule has 0 radical (unpaired) electrons. The molecule has 0 saturated heterocycles. The molecule has 1 aromatic carbocycles. The Kier molecular flexibility index (Phi) is 3.31. The van der Waals surface area contributed by atoms with Crippen LogP contribution in [0.15, 0.2) is 72.7 Å². The van der Waals surface area contributed by atoms with Crippen LogP contribution in [0, 0.1) is 0 Å². The maximum Gasteiger partial charge on any atom is 0.190 e. The van der Waals surface area contributed by atoms with E-state index >= 15 is 0 Å². The van der Waals surface area contributed by atoms with Gasteiger partial charge >= 0.3 is 0 Å². The molecule has 1 heterocycles. The van der Waals surface area contributed by atoms with Crippen LogP contribution in [0.5, 0.6) is 0 Å². The van der Waals surface area contributed by atoms with Crippen molar-refractivity contribution in [3.05, 3.63) is 72.7 Å². The van der Waals surface area contributed by atoms with Crippen molar-refractivity contribution >= 4 is 25.5 Å². The molecule has 0 aliphatic carbocycles. The fourth-order valence-corrected chi connectivity index (χ4v) is 2.09. The average Bonchev–Trinajstić information content (AvgIpc) is 2.35. The molecule has 76 valence electrons. The largest absolute Gasteiger partial charge is 0.190 e. The van der Waals surface area contributed by atoms with E-state index in [1.54, 1.807) is 0 Å². The van der Waals surface area contributed by atoms with Crippen LogP contribution in [-0.4, -0.2) is 14.6 Å². The van der Waals surface area contributed by atoms with Gasteiger partial charge in [-0.15, -0.1) is 0 Å². The number of rotatable bonds is 3. The summed E-state index contributed by atoms with van der Waals surface area (Å²) in [7, 11) is 2.00. The van der Waals surface area contributed by atoms with Crippen molar-refractivity contribution in [2.75, 3.05) is 0 Å². The summed E-state index contributed by atoms with van der Waals surface area (Å²) in [6.07, 6.45) is 7.92. The molecule has 0 aromatic heterocycles. The maximum absolute atomic E-state index is 3.90. The van der Waals surface area contributed by atoms with Gasteiger partial charge in [-0.25, -0.2) is 0 Å². The third kappa shape index (κ3) is 2.11. The van der Waals surface area contributed by atoms with Crippen molar-refractivity contribution in [1.29, 1.82) is 0 Å². The van der Waals surface area contributed by atoms with Gasteiger partial charge in [0.15, 0.2) is 14.6 Å². The number of hydrogen-bond acceptors (Lipinski definition) is 0. The van der Waals surface area contributed by atoms with Crippen LogP contribution in [0.2, 0.25) is 0 Å². The van der Waals surface area contributed by atoms with Gasteiger partial charge in [0.1, 0.15) is 0 Å². The van der Waals surface area contributed by atoms with Crippen LogP contribution in [0.1, 0.15) is 0 Å². The van der Waals surface area contributed by atoms with Crippen molar-refractivity contribution < 1.29 is 0 Å². The summed E-state index contributed by atoms with van der Waals surface area (Å²) in [6, 6.07) is 8.61. The number of fused-ring (bicyclic) bond motifs is 1. The summed E-state index contributed by atoms with van der Waals surface area (Å²) < 4.78 is 0. The molecule has 16 heavy (non-hydrogen) atoms. The van der Waals surface area contributed by atoms with E-state index in [2.05, 4.69) is 43.5 Å². The molecule has 1 aromatic rings. The normalized spacial score (nSPS) is 14.0. The molecule has 1 aliphatic rings. The van der Waals surface area contributed by atoms with E-state index in [0.29, 0.717) is 0 Å². The fraction of sp³-hybridized carbons (Fsp3) is 0. The second-order valence-electron chi connectivity index (χ2n) is 3.97. The molecule has 0 atom stereocenters. The number of allylic oxidation sites excluding steroid dienone is 6. The quantitative estimate of drug-likeness (QED) is 0.508. The molecule has 0 saturated carbocycles. The number of benzene rings is 1. The van der Waals surface area contributed by atoms with Crippen molar-refractivity contribution in [1.82, 2.24) is 0 Å². The zero-order chi connectivity index (χ0) is 11.4. The van der Waals surface area contributed by atoms with Crippen molar-refractivity contribution in [3.63, 3.8) is 0 Å². The first-order valence-corrected chi connectivity index (χ1v) is 5.55. The zero-order valence-electron chi connectivity index (χ0n) is 9.45. The first-order chi connectivity index (χ1) is 7.85. The minimum absolute atomic E-state index is 0.997. The van der Waals surface area contributed by atoms with Crippen LogP contribution in [0.3, 0.4) is 0 Å².